The van der Waals surface area contributed by atoms with E-state index in [1.54, 1.807) is 43.5 Å². The van der Waals surface area contributed by atoms with E-state index in [1.165, 1.54) is 9.87 Å². The van der Waals surface area contributed by atoms with Crippen molar-refractivity contribution in [1.82, 2.24) is 5.32 Å². The van der Waals surface area contributed by atoms with Crippen LogP contribution in [0, 0.1) is 0 Å². The van der Waals surface area contributed by atoms with Crippen LogP contribution < -0.4 is 19.7 Å². The zero-order valence-electron chi connectivity index (χ0n) is 19.2. The maximum absolute atomic E-state index is 13.3. The first-order valence-electron chi connectivity index (χ1n) is 11.4. The molecular formula is C26H29N3O4S. The molecule has 0 radical (unpaired) electrons. The lowest BCUT2D eigenvalue weighted by molar-refractivity contribution is 0.252. The van der Waals surface area contributed by atoms with Crippen LogP contribution in [0.2, 0.25) is 0 Å². The molecule has 0 saturated carbocycles. The van der Waals surface area contributed by atoms with E-state index >= 15 is 0 Å². The van der Waals surface area contributed by atoms with E-state index in [-0.39, 0.29) is 10.9 Å². The average molecular weight is 480 g/mol. The van der Waals surface area contributed by atoms with Gasteiger partial charge in [0.15, 0.2) is 0 Å². The van der Waals surface area contributed by atoms with Crippen molar-refractivity contribution in [2.24, 2.45) is 0 Å². The monoisotopic (exact) mass is 479 g/mol. The number of benzene rings is 3. The van der Waals surface area contributed by atoms with Gasteiger partial charge in [0.1, 0.15) is 5.75 Å². The van der Waals surface area contributed by atoms with Crippen LogP contribution >= 0.6 is 0 Å². The first-order valence-corrected chi connectivity index (χ1v) is 12.8. The number of hydrogen-bond acceptors (Lipinski definition) is 4. The Hall–Kier alpha value is -3.52. The van der Waals surface area contributed by atoms with E-state index in [0.29, 0.717) is 36.6 Å². The summed E-state index contributed by atoms with van der Waals surface area (Å²) < 4.78 is 33.1. The average Bonchev–Trinajstić information content (AvgIpc) is 2.87. The maximum atomic E-state index is 13.3. The number of carbonyl (C=O) groups is 1. The summed E-state index contributed by atoms with van der Waals surface area (Å²) in [5.41, 5.74) is 3.43. The molecule has 0 saturated heterocycles. The van der Waals surface area contributed by atoms with Crippen molar-refractivity contribution in [3.8, 4) is 5.75 Å². The first kappa shape index (κ1) is 23.6. The van der Waals surface area contributed by atoms with Crippen molar-refractivity contribution in [2.45, 2.75) is 30.6 Å². The number of methoxy groups -OCH3 is 1. The molecule has 8 heteroatoms. The van der Waals surface area contributed by atoms with Crippen LogP contribution in [0.4, 0.5) is 16.2 Å². The second-order valence-electron chi connectivity index (χ2n) is 8.17. The van der Waals surface area contributed by atoms with Crippen LogP contribution in [0.5, 0.6) is 5.75 Å². The summed E-state index contributed by atoms with van der Waals surface area (Å²) in [4.78, 5) is 12.5. The minimum absolute atomic E-state index is 0.221. The minimum Gasteiger partial charge on any atom is -0.497 e. The zero-order chi connectivity index (χ0) is 24.0. The summed E-state index contributed by atoms with van der Waals surface area (Å²) in [6, 6.07) is 21.6. The number of anilines is 2. The molecule has 1 heterocycles. The van der Waals surface area contributed by atoms with E-state index < -0.39 is 10.0 Å². The molecule has 0 unspecified atom stereocenters. The summed E-state index contributed by atoms with van der Waals surface area (Å²) >= 11 is 0. The third-order valence-corrected chi connectivity index (χ3v) is 7.66. The number of nitrogens with zero attached hydrogens (tertiary/aromatic N) is 1. The van der Waals surface area contributed by atoms with Gasteiger partial charge >= 0.3 is 6.03 Å². The Morgan fingerprint density at radius 2 is 1.79 bits per heavy atom. The molecule has 2 N–H and O–H groups in total. The molecule has 3 aromatic carbocycles. The number of fused-ring (bicyclic) bond motifs is 1. The maximum Gasteiger partial charge on any atom is 0.319 e. The number of hydrogen-bond donors (Lipinski definition) is 2. The van der Waals surface area contributed by atoms with Crippen LogP contribution in [0.1, 0.15) is 24.0 Å². The summed E-state index contributed by atoms with van der Waals surface area (Å²) in [6.45, 7) is 0.982. The molecule has 0 aromatic heterocycles. The molecule has 0 atom stereocenters. The van der Waals surface area contributed by atoms with E-state index in [2.05, 4.69) is 22.8 Å². The van der Waals surface area contributed by atoms with Crippen LogP contribution in [-0.4, -0.2) is 34.6 Å². The fourth-order valence-corrected chi connectivity index (χ4v) is 5.62. The Morgan fingerprint density at radius 1 is 1.03 bits per heavy atom. The normalized spacial score (nSPS) is 13.1. The number of carbonyl (C=O) groups excluding carboxylic acids is 1. The Labute approximate surface area is 200 Å². The van der Waals surface area contributed by atoms with E-state index in [0.717, 1.165) is 24.8 Å². The van der Waals surface area contributed by atoms with E-state index in [1.807, 2.05) is 24.3 Å². The second-order valence-corrected chi connectivity index (χ2v) is 10.0. The third kappa shape index (κ3) is 5.51. The van der Waals surface area contributed by atoms with Crippen molar-refractivity contribution in [3.05, 3.63) is 83.9 Å². The third-order valence-electron chi connectivity index (χ3n) is 5.83. The van der Waals surface area contributed by atoms with Gasteiger partial charge in [-0.15, -0.1) is 0 Å². The lowest BCUT2D eigenvalue weighted by Gasteiger charge is -2.31. The molecule has 0 fully saturated rings. The fraction of sp³-hybridized carbons (Fsp3) is 0.269. The van der Waals surface area contributed by atoms with Gasteiger partial charge in [-0.3, -0.25) is 4.31 Å². The van der Waals surface area contributed by atoms with Crippen molar-refractivity contribution in [1.29, 1.82) is 0 Å². The molecule has 178 valence electrons. The highest BCUT2D eigenvalue weighted by atomic mass is 32.2. The number of urea groups is 1. The van der Waals surface area contributed by atoms with Crippen LogP contribution in [0.25, 0.3) is 0 Å². The topological polar surface area (TPSA) is 87.7 Å². The first-order chi connectivity index (χ1) is 16.5. The number of nitrogens with one attached hydrogen (secondary N) is 2. The second kappa shape index (κ2) is 10.6. The molecule has 0 bridgehead atoms. The zero-order valence-corrected chi connectivity index (χ0v) is 20.0. The Morgan fingerprint density at radius 3 is 2.53 bits per heavy atom. The van der Waals surface area contributed by atoms with E-state index in [4.69, 9.17) is 4.74 Å². The minimum atomic E-state index is -3.70. The van der Waals surface area contributed by atoms with Crippen LogP contribution in [0.3, 0.4) is 0 Å². The predicted molar refractivity (Wildman–Crippen MR) is 134 cm³/mol. The number of ether oxygens (including phenoxy) is 1. The van der Waals surface area contributed by atoms with Gasteiger partial charge in [0, 0.05) is 18.8 Å². The largest absolute Gasteiger partial charge is 0.497 e. The van der Waals surface area contributed by atoms with E-state index in [9.17, 15) is 13.2 Å². The Bertz CT molecular complexity index is 1230. The standard InChI is InChI=1S/C26H29N3O4S/c1-33-23-12-14-24(15-13-23)34(31,32)29-18-6-10-21-19-22(11-16-25(21)29)28-26(30)27-17-5-9-20-7-3-2-4-8-20/h2-4,7-8,11-16,19H,5-6,9-10,17-18H2,1H3,(H2,27,28,30). The SMILES string of the molecule is COc1ccc(S(=O)(=O)N2CCCc3cc(NC(=O)NCCCc4ccccc4)ccc32)cc1. The highest BCUT2D eigenvalue weighted by Crippen LogP contribution is 2.34. The molecule has 4 rings (SSSR count). The number of amides is 2. The Kier molecular flexibility index (Phi) is 7.37. The molecule has 34 heavy (non-hydrogen) atoms. The van der Waals surface area contributed by atoms with Crippen molar-refractivity contribution < 1.29 is 17.9 Å². The lowest BCUT2D eigenvalue weighted by atomic mass is 10.0. The molecule has 0 spiro atoms. The molecule has 2 amide bonds. The van der Waals surface area contributed by atoms with Crippen LogP contribution in [0.15, 0.2) is 77.7 Å². The molecule has 7 nitrogen and oxygen atoms in total. The van der Waals surface area contributed by atoms with Crippen molar-refractivity contribution in [2.75, 3.05) is 29.8 Å². The van der Waals surface area contributed by atoms with Gasteiger partial charge in [-0.25, -0.2) is 13.2 Å². The fourth-order valence-electron chi connectivity index (χ4n) is 4.08. The molecule has 0 aliphatic carbocycles. The summed E-state index contributed by atoms with van der Waals surface area (Å²) in [7, 11) is -2.15. The number of aryl methyl sites for hydroxylation is 2. The highest BCUT2D eigenvalue weighted by Gasteiger charge is 2.29. The van der Waals surface area contributed by atoms with Gasteiger partial charge in [-0.2, -0.15) is 0 Å². The Balaban J connectivity index is 1.38. The molecular weight excluding hydrogens is 450 g/mol. The summed E-state index contributed by atoms with van der Waals surface area (Å²) in [6.07, 6.45) is 3.20. The lowest BCUT2D eigenvalue weighted by Crippen LogP contribution is -2.35. The number of sulfonamides is 1. The van der Waals surface area contributed by atoms with Gasteiger partial charge in [0.25, 0.3) is 10.0 Å². The van der Waals surface area contributed by atoms with Gasteiger partial charge in [-0.1, -0.05) is 30.3 Å². The van der Waals surface area contributed by atoms with Gasteiger partial charge in [0.2, 0.25) is 0 Å². The number of rotatable bonds is 8. The van der Waals surface area contributed by atoms with Gasteiger partial charge in [-0.05, 0) is 79.3 Å². The van der Waals surface area contributed by atoms with Crippen molar-refractivity contribution >= 4 is 27.4 Å². The molecule has 1 aliphatic heterocycles. The van der Waals surface area contributed by atoms with Crippen LogP contribution in [-0.2, 0) is 22.9 Å². The van der Waals surface area contributed by atoms with Gasteiger partial charge in [0.05, 0.1) is 17.7 Å². The summed E-state index contributed by atoms with van der Waals surface area (Å²) in [5, 5.41) is 5.74. The quantitative estimate of drug-likeness (QED) is 0.463. The predicted octanol–water partition coefficient (Wildman–Crippen LogP) is 4.59. The highest BCUT2D eigenvalue weighted by molar-refractivity contribution is 7.92. The van der Waals surface area contributed by atoms with Crippen molar-refractivity contribution in [3.63, 3.8) is 0 Å². The molecule has 1 aliphatic rings. The summed E-state index contributed by atoms with van der Waals surface area (Å²) in [5.74, 6) is 0.604. The molecule has 3 aromatic rings. The van der Waals surface area contributed by atoms with Gasteiger partial charge < -0.3 is 15.4 Å². The smallest absolute Gasteiger partial charge is 0.319 e.